The molecular formula is C28H41F2N7O5. The van der Waals surface area contributed by atoms with Gasteiger partial charge >= 0.3 is 6.09 Å². The second-order valence-corrected chi connectivity index (χ2v) is 11.6. The van der Waals surface area contributed by atoms with Crippen LogP contribution in [0.25, 0.3) is 0 Å². The maximum absolute atomic E-state index is 14.2. The molecule has 2 N–H and O–H groups in total. The molecule has 1 saturated heterocycles. The first kappa shape index (κ1) is 33.0. The highest BCUT2D eigenvalue weighted by Crippen LogP contribution is 2.29. The van der Waals surface area contributed by atoms with Gasteiger partial charge in [-0.25, -0.2) is 18.3 Å². The van der Waals surface area contributed by atoms with Crippen molar-refractivity contribution < 1.29 is 32.6 Å². The van der Waals surface area contributed by atoms with Crippen molar-refractivity contribution in [2.45, 2.75) is 71.2 Å². The van der Waals surface area contributed by atoms with E-state index in [1.807, 2.05) is 13.8 Å². The Balaban J connectivity index is 1.67. The van der Waals surface area contributed by atoms with Crippen LogP contribution in [0.15, 0.2) is 18.2 Å². The standard InChI is InChI=1S/C28H41F2N7O5/c1-18(19(2)25(39)28(3,4)31)12-21(16-41-15-20-6-7-22(29)13-24(20)30)26-32-33-34-37(26)10-11-42-27(40)36-9-8-23(14-36)35(5)17-38/h6-7,13,17-19,21,23H,8-12,14-16,31H2,1-5H3. The van der Waals surface area contributed by atoms with Crippen molar-refractivity contribution in [3.63, 3.8) is 0 Å². The van der Waals surface area contributed by atoms with Gasteiger partial charge in [0.1, 0.15) is 18.2 Å². The van der Waals surface area contributed by atoms with E-state index in [1.54, 1.807) is 25.8 Å². The third-order valence-electron chi connectivity index (χ3n) is 7.77. The maximum atomic E-state index is 14.2. The zero-order valence-electron chi connectivity index (χ0n) is 24.8. The molecule has 12 nitrogen and oxygen atoms in total. The number of carbonyl (C=O) groups excluding carboxylic acids is 3. The van der Waals surface area contributed by atoms with Crippen molar-refractivity contribution in [2.24, 2.45) is 17.6 Å². The number of carbonyl (C=O) groups is 3. The summed E-state index contributed by atoms with van der Waals surface area (Å²) < 4.78 is 40.3. The van der Waals surface area contributed by atoms with Gasteiger partial charge in [0.15, 0.2) is 11.6 Å². The molecule has 0 spiro atoms. The minimum Gasteiger partial charge on any atom is -0.447 e. The normalized spacial score (nSPS) is 17.5. The predicted octanol–water partition coefficient (Wildman–Crippen LogP) is 2.52. The monoisotopic (exact) mass is 593 g/mol. The lowest BCUT2D eigenvalue weighted by Gasteiger charge is -2.28. The molecule has 0 aliphatic carbocycles. The Hall–Kier alpha value is -3.52. The Morgan fingerprint density at radius 1 is 1.29 bits per heavy atom. The molecule has 1 aromatic heterocycles. The minimum atomic E-state index is -0.997. The highest BCUT2D eigenvalue weighted by atomic mass is 19.1. The number of Topliss-reactive ketones (excluding diaryl/α,β-unsaturated/α-hetero) is 1. The number of rotatable bonds is 15. The fourth-order valence-electron chi connectivity index (χ4n) is 5.00. The number of hydrogen-bond donors (Lipinski definition) is 1. The van der Waals surface area contributed by atoms with Crippen molar-refractivity contribution >= 4 is 18.3 Å². The highest BCUT2D eigenvalue weighted by Gasteiger charge is 2.33. The molecule has 1 aliphatic heterocycles. The van der Waals surface area contributed by atoms with Gasteiger partial charge in [-0.05, 0) is 49.1 Å². The van der Waals surface area contributed by atoms with Crippen LogP contribution in [0.5, 0.6) is 0 Å². The highest BCUT2D eigenvalue weighted by molar-refractivity contribution is 5.89. The summed E-state index contributed by atoms with van der Waals surface area (Å²) in [6.45, 7) is 8.14. The lowest BCUT2D eigenvalue weighted by atomic mass is 9.79. The first-order valence-electron chi connectivity index (χ1n) is 14.0. The van der Waals surface area contributed by atoms with Gasteiger partial charge in [0.05, 0.1) is 31.3 Å². The van der Waals surface area contributed by atoms with Crippen LogP contribution in [0.4, 0.5) is 13.6 Å². The molecule has 42 heavy (non-hydrogen) atoms. The molecule has 4 unspecified atom stereocenters. The molecular weight excluding hydrogens is 552 g/mol. The van der Waals surface area contributed by atoms with Crippen LogP contribution in [0, 0.1) is 23.5 Å². The van der Waals surface area contributed by atoms with E-state index in [-0.39, 0.29) is 55.6 Å². The van der Waals surface area contributed by atoms with Crippen LogP contribution in [0.3, 0.4) is 0 Å². The van der Waals surface area contributed by atoms with E-state index in [0.717, 1.165) is 18.5 Å². The predicted molar refractivity (Wildman–Crippen MR) is 148 cm³/mol. The molecule has 0 bridgehead atoms. The summed E-state index contributed by atoms with van der Waals surface area (Å²) in [4.78, 5) is 39.5. The van der Waals surface area contributed by atoms with Crippen molar-refractivity contribution in [3.8, 4) is 0 Å². The fourth-order valence-corrected chi connectivity index (χ4v) is 5.00. The molecule has 0 saturated carbocycles. The van der Waals surface area contributed by atoms with Gasteiger partial charge in [0, 0.05) is 43.6 Å². The fraction of sp³-hybridized carbons (Fsp3) is 0.643. The number of nitrogens with zero attached hydrogens (tertiary/aromatic N) is 6. The van der Waals surface area contributed by atoms with E-state index in [2.05, 4.69) is 15.5 Å². The molecule has 2 heterocycles. The Morgan fingerprint density at radius 3 is 2.69 bits per heavy atom. The summed E-state index contributed by atoms with van der Waals surface area (Å²) in [6, 6.07) is 3.23. The Kier molecular flexibility index (Phi) is 11.5. The first-order chi connectivity index (χ1) is 19.8. The van der Waals surface area contributed by atoms with E-state index < -0.39 is 29.2 Å². The van der Waals surface area contributed by atoms with Crippen LogP contribution < -0.4 is 5.73 Å². The third-order valence-corrected chi connectivity index (χ3v) is 7.77. The number of likely N-dealkylation sites (tertiary alicyclic amines) is 1. The van der Waals surface area contributed by atoms with Crippen LogP contribution >= 0.6 is 0 Å². The number of amides is 2. The number of ether oxygens (including phenoxy) is 2. The van der Waals surface area contributed by atoms with Crippen LogP contribution in [0.2, 0.25) is 0 Å². The number of halogens is 2. The second kappa shape index (κ2) is 14.6. The Morgan fingerprint density at radius 2 is 2.02 bits per heavy atom. The van der Waals surface area contributed by atoms with Crippen molar-refractivity contribution in [3.05, 3.63) is 41.2 Å². The van der Waals surface area contributed by atoms with Gasteiger partial charge in [0.25, 0.3) is 0 Å². The third kappa shape index (κ3) is 8.74. The van der Waals surface area contributed by atoms with Gasteiger partial charge in [0.2, 0.25) is 6.41 Å². The number of benzene rings is 1. The quantitative estimate of drug-likeness (QED) is 0.308. The molecule has 2 amide bonds. The van der Waals surface area contributed by atoms with E-state index in [4.69, 9.17) is 15.2 Å². The van der Waals surface area contributed by atoms with E-state index in [0.29, 0.717) is 31.8 Å². The summed E-state index contributed by atoms with van der Waals surface area (Å²) in [5.74, 6) is -1.92. The minimum absolute atomic E-state index is 0.00172. The summed E-state index contributed by atoms with van der Waals surface area (Å²) in [7, 11) is 1.68. The average molecular weight is 594 g/mol. The van der Waals surface area contributed by atoms with Gasteiger partial charge in [-0.15, -0.1) is 5.10 Å². The lowest BCUT2D eigenvalue weighted by molar-refractivity contribution is -0.128. The summed E-state index contributed by atoms with van der Waals surface area (Å²) in [5, 5.41) is 12.0. The number of hydrogen-bond acceptors (Lipinski definition) is 9. The molecule has 1 aromatic carbocycles. The van der Waals surface area contributed by atoms with Crippen LogP contribution in [-0.2, 0) is 32.2 Å². The molecule has 4 atom stereocenters. The maximum Gasteiger partial charge on any atom is 0.409 e. The van der Waals surface area contributed by atoms with Gasteiger partial charge < -0.3 is 25.0 Å². The SMILES string of the molecule is CC(CC(COCc1ccc(F)cc1F)c1nnnn1CCOC(=O)N1CCC(N(C)C=O)C1)C(C)C(=O)C(C)(C)N. The summed E-state index contributed by atoms with van der Waals surface area (Å²) in [6.07, 6.45) is 1.38. The number of aromatic nitrogens is 4. The van der Waals surface area contributed by atoms with E-state index in [1.165, 1.54) is 15.6 Å². The van der Waals surface area contributed by atoms with Crippen LogP contribution in [-0.4, -0.2) is 93.2 Å². The van der Waals surface area contributed by atoms with Crippen molar-refractivity contribution in [2.75, 3.05) is 33.4 Å². The smallest absolute Gasteiger partial charge is 0.409 e. The number of nitrogens with two attached hydrogens (primary N) is 1. The molecule has 1 fully saturated rings. The average Bonchev–Trinajstić information content (AvgIpc) is 3.62. The zero-order chi connectivity index (χ0) is 31.0. The number of ketones is 1. The molecule has 232 valence electrons. The Labute approximate surface area is 244 Å². The van der Waals surface area contributed by atoms with E-state index >= 15 is 0 Å². The van der Waals surface area contributed by atoms with Crippen LogP contribution in [0.1, 0.15) is 57.8 Å². The number of tetrazole rings is 1. The van der Waals surface area contributed by atoms with Crippen molar-refractivity contribution in [1.82, 2.24) is 30.0 Å². The largest absolute Gasteiger partial charge is 0.447 e. The molecule has 0 radical (unpaired) electrons. The second-order valence-electron chi connectivity index (χ2n) is 11.6. The topological polar surface area (TPSA) is 146 Å². The number of likely N-dealkylation sites (N-methyl/N-ethyl adjacent to an activating group) is 1. The van der Waals surface area contributed by atoms with Gasteiger partial charge in [-0.2, -0.15) is 0 Å². The summed E-state index contributed by atoms with van der Waals surface area (Å²) in [5.41, 5.74) is 5.26. The lowest BCUT2D eigenvalue weighted by Crippen LogP contribution is -2.46. The molecule has 14 heteroatoms. The summed E-state index contributed by atoms with van der Waals surface area (Å²) >= 11 is 0. The zero-order valence-corrected chi connectivity index (χ0v) is 24.8. The van der Waals surface area contributed by atoms with E-state index in [9.17, 15) is 23.2 Å². The molecule has 2 aromatic rings. The Bertz CT molecular complexity index is 1220. The first-order valence-corrected chi connectivity index (χ1v) is 14.0. The van der Waals surface area contributed by atoms with Crippen molar-refractivity contribution in [1.29, 1.82) is 0 Å². The molecule has 1 aliphatic rings. The van der Waals surface area contributed by atoms with Gasteiger partial charge in [-0.1, -0.05) is 19.9 Å². The van der Waals surface area contributed by atoms with Gasteiger partial charge in [-0.3, -0.25) is 9.59 Å². The molecule has 3 rings (SSSR count).